The van der Waals surface area contributed by atoms with E-state index in [4.69, 9.17) is 9.57 Å². The summed E-state index contributed by atoms with van der Waals surface area (Å²) in [5.41, 5.74) is -0.379. The maximum absolute atomic E-state index is 13.5. The Bertz CT molecular complexity index is 517. The molecule has 6 heteroatoms. The number of esters is 1. The summed E-state index contributed by atoms with van der Waals surface area (Å²) in [4.78, 5) is 20.2. The van der Waals surface area contributed by atoms with Gasteiger partial charge in [-0.2, -0.15) is 4.39 Å². The fourth-order valence-corrected chi connectivity index (χ4v) is 2.01. The van der Waals surface area contributed by atoms with Gasteiger partial charge in [-0.25, -0.2) is 9.78 Å². The van der Waals surface area contributed by atoms with Crippen LogP contribution in [0.3, 0.4) is 0 Å². The lowest BCUT2D eigenvalue weighted by Gasteiger charge is -2.14. The standard InChI is InChI=1S/C11H9FN2O3/c12-9-7(2-1-4-13-9)8-6-11(17-14-8)3-5-16-10(11)15/h1-2,4H,3,5-6H2. The second-order valence-corrected chi connectivity index (χ2v) is 4.03. The summed E-state index contributed by atoms with van der Waals surface area (Å²) in [5.74, 6) is -1.04. The smallest absolute Gasteiger partial charge is 0.353 e. The van der Waals surface area contributed by atoms with Crippen molar-refractivity contribution in [2.45, 2.75) is 18.4 Å². The van der Waals surface area contributed by atoms with Crippen LogP contribution in [0.1, 0.15) is 18.4 Å². The minimum Gasteiger partial charge on any atom is -0.462 e. The molecule has 0 aromatic carbocycles. The Morgan fingerprint density at radius 1 is 1.47 bits per heavy atom. The van der Waals surface area contributed by atoms with Gasteiger partial charge in [0.1, 0.15) is 0 Å². The Balaban J connectivity index is 1.89. The van der Waals surface area contributed by atoms with Crippen LogP contribution in [0.15, 0.2) is 23.5 Å². The number of hydrogen-bond donors (Lipinski definition) is 0. The number of cyclic esters (lactones) is 1. The molecule has 1 saturated heterocycles. The van der Waals surface area contributed by atoms with E-state index < -0.39 is 17.5 Å². The highest BCUT2D eigenvalue weighted by molar-refractivity contribution is 6.05. The van der Waals surface area contributed by atoms with Crippen molar-refractivity contribution in [1.29, 1.82) is 0 Å². The largest absolute Gasteiger partial charge is 0.462 e. The van der Waals surface area contributed by atoms with E-state index in [1.807, 2.05) is 0 Å². The molecular weight excluding hydrogens is 227 g/mol. The van der Waals surface area contributed by atoms with Gasteiger partial charge in [0.15, 0.2) is 0 Å². The molecule has 2 aliphatic rings. The minimum atomic E-state index is -1.04. The van der Waals surface area contributed by atoms with Crippen LogP contribution in [-0.2, 0) is 14.4 Å². The van der Waals surface area contributed by atoms with Crippen LogP contribution in [0.2, 0.25) is 0 Å². The van der Waals surface area contributed by atoms with Crippen LogP contribution in [-0.4, -0.2) is 28.9 Å². The van der Waals surface area contributed by atoms with Gasteiger partial charge in [0, 0.05) is 19.0 Å². The molecule has 1 aromatic rings. The number of rotatable bonds is 1. The summed E-state index contributed by atoms with van der Waals surface area (Å²) in [7, 11) is 0. The van der Waals surface area contributed by atoms with Crippen molar-refractivity contribution >= 4 is 11.7 Å². The molecule has 5 nitrogen and oxygen atoms in total. The molecule has 88 valence electrons. The van der Waals surface area contributed by atoms with Crippen molar-refractivity contribution in [3.8, 4) is 0 Å². The van der Waals surface area contributed by atoms with Crippen LogP contribution in [0.25, 0.3) is 0 Å². The lowest BCUT2D eigenvalue weighted by molar-refractivity contribution is -0.155. The van der Waals surface area contributed by atoms with E-state index in [9.17, 15) is 9.18 Å². The first-order chi connectivity index (χ1) is 8.21. The minimum absolute atomic E-state index is 0.231. The second kappa shape index (κ2) is 3.51. The van der Waals surface area contributed by atoms with Crippen LogP contribution in [0, 0.1) is 5.95 Å². The third-order valence-corrected chi connectivity index (χ3v) is 2.96. The third kappa shape index (κ3) is 1.48. The highest BCUT2D eigenvalue weighted by Crippen LogP contribution is 2.35. The van der Waals surface area contributed by atoms with Crippen molar-refractivity contribution in [2.24, 2.45) is 5.16 Å². The fourth-order valence-electron chi connectivity index (χ4n) is 2.01. The molecular formula is C11H9FN2O3. The topological polar surface area (TPSA) is 60.8 Å². The number of pyridine rings is 1. The number of halogens is 1. The number of ether oxygens (including phenoxy) is 1. The summed E-state index contributed by atoms with van der Waals surface area (Å²) in [6, 6.07) is 3.17. The molecule has 3 heterocycles. The summed E-state index contributed by atoms with van der Waals surface area (Å²) in [6.45, 7) is 0.317. The predicted molar refractivity (Wildman–Crippen MR) is 54.7 cm³/mol. The fraction of sp³-hybridized carbons (Fsp3) is 0.364. The van der Waals surface area contributed by atoms with Gasteiger partial charge in [0.25, 0.3) is 0 Å². The van der Waals surface area contributed by atoms with Crippen molar-refractivity contribution < 1.29 is 18.8 Å². The van der Waals surface area contributed by atoms with E-state index in [1.165, 1.54) is 6.20 Å². The Morgan fingerprint density at radius 2 is 2.35 bits per heavy atom. The molecule has 3 rings (SSSR count). The first kappa shape index (κ1) is 10.2. The van der Waals surface area contributed by atoms with Crippen LogP contribution < -0.4 is 0 Å². The summed E-state index contributed by atoms with van der Waals surface area (Å²) >= 11 is 0. The number of oxime groups is 1. The molecule has 0 saturated carbocycles. The number of hydrogen-bond acceptors (Lipinski definition) is 5. The van der Waals surface area contributed by atoms with Crippen molar-refractivity contribution in [2.75, 3.05) is 6.61 Å². The van der Waals surface area contributed by atoms with Gasteiger partial charge in [0.05, 0.1) is 17.9 Å². The van der Waals surface area contributed by atoms with E-state index in [-0.39, 0.29) is 12.0 Å². The molecule has 1 aromatic heterocycles. The van der Waals surface area contributed by atoms with Crippen molar-refractivity contribution in [3.05, 3.63) is 29.8 Å². The van der Waals surface area contributed by atoms with Gasteiger partial charge in [-0.1, -0.05) is 5.16 Å². The molecule has 0 bridgehead atoms. The lowest BCUT2D eigenvalue weighted by Crippen LogP contribution is -2.34. The number of carbonyl (C=O) groups is 1. The molecule has 1 atom stereocenters. The maximum Gasteiger partial charge on any atom is 0.353 e. The Labute approximate surface area is 96.2 Å². The number of nitrogens with zero attached hydrogens (tertiary/aromatic N) is 2. The maximum atomic E-state index is 13.5. The van der Waals surface area contributed by atoms with E-state index in [0.717, 1.165) is 0 Å². The molecule has 0 amide bonds. The molecule has 0 N–H and O–H groups in total. The van der Waals surface area contributed by atoms with Gasteiger partial charge < -0.3 is 9.57 Å². The predicted octanol–water partition coefficient (Wildman–Crippen LogP) is 1.03. The van der Waals surface area contributed by atoms with Crippen molar-refractivity contribution in [1.82, 2.24) is 4.98 Å². The van der Waals surface area contributed by atoms with Gasteiger partial charge in [-0.05, 0) is 12.1 Å². The monoisotopic (exact) mass is 236 g/mol. The first-order valence-electron chi connectivity index (χ1n) is 5.24. The van der Waals surface area contributed by atoms with Crippen molar-refractivity contribution in [3.63, 3.8) is 0 Å². The average molecular weight is 236 g/mol. The van der Waals surface area contributed by atoms with Crippen LogP contribution in [0.4, 0.5) is 4.39 Å². The number of aromatic nitrogens is 1. The second-order valence-electron chi connectivity index (χ2n) is 4.03. The van der Waals surface area contributed by atoms with E-state index in [2.05, 4.69) is 10.1 Å². The summed E-state index contributed by atoms with van der Waals surface area (Å²) in [5, 5.41) is 3.79. The number of carbonyl (C=O) groups excluding carboxylic acids is 1. The average Bonchev–Trinajstić information content (AvgIpc) is 2.89. The molecule has 1 spiro atoms. The van der Waals surface area contributed by atoms with Gasteiger partial charge >= 0.3 is 5.97 Å². The Hall–Kier alpha value is -1.98. The van der Waals surface area contributed by atoms with E-state index in [0.29, 0.717) is 18.7 Å². The van der Waals surface area contributed by atoms with Crippen LogP contribution >= 0.6 is 0 Å². The normalized spacial score (nSPS) is 26.9. The van der Waals surface area contributed by atoms with Gasteiger partial charge in [-0.3, -0.25) is 0 Å². The highest BCUT2D eigenvalue weighted by atomic mass is 19.1. The summed E-state index contributed by atoms with van der Waals surface area (Å²) in [6.07, 6.45) is 2.03. The quantitative estimate of drug-likeness (QED) is 0.539. The Kier molecular flexibility index (Phi) is 2.10. The van der Waals surface area contributed by atoms with E-state index in [1.54, 1.807) is 12.1 Å². The molecule has 0 radical (unpaired) electrons. The third-order valence-electron chi connectivity index (χ3n) is 2.96. The molecule has 0 aliphatic carbocycles. The van der Waals surface area contributed by atoms with E-state index >= 15 is 0 Å². The zero-order valence-corrected chi connectivity index (χ0v) is 8.85. The van der Waals surface area contributed by atoms with Gasteiger partial charge in [0.2, 0.25) is 11.5 Å². The molecule has 17 heavy (non-hydrogen) atoms. The lowest BCUT2D eigenvalue weighted by atomic mass is 9.93. The Morgan fingerprint density at radius 3 is 3.06 bits per heavy atom. The van der Waals surface area contributed by atoms with Crippen LogP contribution in [0.5, 0.6) is 0 Å². The molecule has 1 unspecified atom stereocenters. The SMILES string of the molecule is O=C1OCCC12CC(c1cccnc1F)=NO2. The first-order valence-corrected chi connectivity index (χ1v) is 5.24. The summed E-state index contributed by atoms with van der Waals surface area (Å²) < 4.78 is 18.3. The molecule has 1 fully saturated rings. The highest BCUT2D eigenvalue weighted by Gasteiger charge is 2.52. The molecule has 2 aliphatic heterocycles. The zero-order chi connectivity index (χ0) is 11.9. The van der Waals surface area contributed by atoms with Gasteiger partial charge in [-0.15, -0.1) is 0 Å². The zero-order valence-electron chi connectivity index (χ0n) is 8.85.